The summed E-state index contributed by atoms with van der Waals surface area (Å²) in [7, 11) is 1.56. The van der Waals surface area contributed by atoms with Gasteiger partial charge < -0.3 is 19.9 Å². The van der Waals surface area contributed by atoms with E-state index in [2.05, 4.69) is 10.3 Å². The van der Waals surface area contributed by atoms with Crippen molar-refractivity contribution in [1.29, 1.82) is 0 Å². The van der Waals surface area contributed by atoms with Gasteiger partial charge in [-0.05, 0) is 48.0 Å². The first-order valence-corrected chi connectivity index (χ1v) is 13.2. The standard InChI is InChI=1S/C30H26ClN5O4/c1-40-21-12-10-20(11-13-21)36-27(28(37)32-17-19-6-3-2-4-7-19)26-18-34(14-15-35(26)30(36)39)29(38)25-16-22-23(31)8-5-9-24(22)33-25/h2-13,16,33H,14-15,17-18H2,1H3,(H,32,37). The molecule has 0 aliphatic carbocycles. The minimum absolute atomic E-state index is 0.0917. The van der Waals surface area contributed by atoms with Gasteiger partial charge in [0.05, 0.1) is 25.0 Å². The lowest BCUT2D eigenvalue weighted by atomic mass is 10.2. The summed E-state index contributed by atoms with van der Waals surface area (Å²) in [5, 5.41) is 4.26. The van der Waals surface area contributed by atoms with Gasteiger partial charge in [-0.25, -0.2) is 4.79 Å². The average Bonchev–Trinajstić information content (AvgIpc) is 3.56. The van der Waals surface area contributed by atoms with E-state index in [0.29, 0.717) is 40.9 Å². The molecule has 2 N–H and O–H groups in total. The monoisotopic (exact) mass is 555 g/mol. The number of aromatic nitrogens is 3. The molecule has 0 spiro atoms. The maximum absolute atomic E-state index is 13.7. The number of methoxy groups -OCH3 is 1. The molecule has 0 saturated carbocycles. The lowest BCUT2D eigenvalue weighted by Gasteiger charge is -2.28. The molecule has 3 heterocycles. The quantitative estimate of drug-likeness (QED) is 0.325. The van der Waals surface area contributed by atoms with E-state index in [9.17, 15) is 14.4 Å². The molecule has 5 aromatic rings. The molecule has 0 unspecified atom stereocenters. The van der Waals surface area contributed by atoms with Crippen LogP contribution in [-0.2, 0) is 19.6 Å². The number of carbonyl (C=O) groups excluding carboxylic acids is 2. The number of nitrogens with one attached hydrogen (secondary N) is 2. The second-order valence-electron chi connectivity index (χ2n) is 9.54. The summed E-state index contributed by atoms with van der Waals surface area (Å²) in [6.07, 6.45) is 0. The Hall–Kier alpha value is -4.76. The number of H-pyrrole nitrogens is 1. The van der Waals surface area contributed by atoms with Gasteiger partial charge in [-0.15, -0.1) is 0 Å². The predicted molar refractivity (Wildman–Crippen MR) is 152 cm³/mol. The van der Waals surface area contributed by atoms with Gasteiger partial charge in [-0.1, -0.05) is 48.0 Å². The van der Waals surface area contributed by atoms with Gasteiger partial charge in [0.25, 0.3) is 11.8 Å². The first kappa shape index (κ1) is 25.5. The molecule has 202 valence electrons. The van der Waals surface area contributed by atoms with Crippen molar-refractivity contribution < 1.29 is 14.3 Å². The number of nitrogens with zero attached hydrogens (tertiary/aromatic N) is 3. The van der Waals surface area contributed by atoms with Gasteiger partial charge in [0.1, 0.15) is 17.1 Å². The zero-order chi connectivity index (χ0) is 27.8. The molecule has 0 bridgehead atoms. The van der Waals surface area contributed by atoms with Crippen LogP contribution in [0.4, 0.5) is 0 Å². The normalized spacial score (nSPS) is 12.8. The van der Waals surface area contributed by atoms with E-state index in [-0.39, 0.29) is 30.4 Å². The van der Waals surface area contributed by atoms with Gasteiger partial charge in [-0.3, -0.25) is 18.7 Å². The van der Waals surface area contributed by atoms with Gasteiger partial charge in [0, 0.05) is 35.6 Å². The van der Waals surface area contributed by atoms with E-state index < -0.39 is 5.91 Å². The molecule has 1 aliphatic heterocycles. The second-order valence-corrected chi connectivity index (χ2v) is 9.95. The highest BCUT2D eigenvalue weighted by Crippen LogP contribution is 2.26. The summed E-state index contributed by atoms with van der Waals surface area (Å²) in [6.45, 7) is 0.948. The van der Waals surface area contributed by atoms with E-state index in [4.69, 9.17) is 16.3 Å². The zero-order valence-electron chi connectivity index (χ0n) is 21.7. The van der Waals surface area contributed by atoms with E-state index in [0.717, 1.165) is 16.5 Å². The van der Waals surface area contributed by atoms with Crippen LogP contribution in [-0.4, -0.2) is 44.5 Å². The number of ether oxygens (including phenoxy) is 1. The Bertz CT molecular complexity index is 1790. The van der Waals surface area contributed by atoms with Crippen molar-refractivity contribution >= 4 is 34.3 Å². The lowest BCUT2D eigenvalue weighted by molar-refractivity contribution is 0.0701. The Morgan fingerprint density at radius 2 is 1.77 bits per heavy atom. The fraction of sp³-hybridized carbons (Fsp3) is 0.167. The number of fused-ring (bicyclic) bond motifs is 2. The number of imidazole rings is 1. The largest absolute Gasteiger partial charge is 0.497 e. The topological polar surface area (TPSA) is 101 Å². The Morgan fingerprint density at radius 1 is 1.00 bits per heavy atom. The van der Waals surface area contributed by atoms with Crippen LogP contribution in [0.2, 0.25) is 5.02 Å². The third-order valence-electron chi connectivity index (χ3n) is 7.15. The zero-order valence-corrected chi connectivity index (χ0v) is 22.4. The summed E-state index contributed by atoms with van der Waals surface area (Å²) >= 11 is 6.32. The van der Waals surface area contributed by atoms with Gasteiger partial charge in [0.15, 0.2) is 0 Å². The van der Waals surface area contributed by atoms with Crippen LogP contribution in [0.25, 0.3) is 16.6 Å². The second kappa shape index (κ2) is 10.4. The highest BCUT2D eigenvalue weighted by molar-refractivity contribution is 6.35. The van der Waals surface area contributed by atoms with Crippen LogP contribution >= 0.6 is 11.6 Å². The highest BCUT2D eigenvalue weighted by Gasteiger charge is 2.32. The minimum atomic E-state index is -0.405. The molecule has 9 nitrogen and oxygen atoms in total. The molecule has 3 aromatic carbocycles. The summed E-state index contributed by atoms with van der Waals surface area (Å²) in [6, 6.07) is 23.7. The summed E-state index contributed by atoms with van der Waals surface area (Å²) in [4.78, 5) is 45.7. The number of amides is 2. The summed E-state index contributed by atoms with van der Waals surface area (Å²) in [5.41, 5.74) is 2.94. The van der Waals surface area contributed by atoms with Gasteiger partial charge in [0.2, 0.25) is 0 Å². The first-order chi connectivity index (χ1) is 19.4. The molecular formula is C30H26ClN5O4. The van der Waals surface area contributed by atoms with E-state index in [1.54, 1.807) is 53.0 Å². The predicted octanol–water partition coefficient (Wildman–Crippen LogP) is 4.37. The average molecular weight is 556 g/mol. The van der Waals surface area contributed by atoms with Crippen molar-refractivity contribution in [3.05, 3.63) is 117 Å². The molecule has 2 amide bonds. The molecule has 2 aromatic heterocycles. The first-order valence-electron chi connectivity index (χ1n) is 12.8. The van der Waals surface area contributed by atoms with E-state index in [1.165, 1.54) is 4.57 Å². The Labute approximate surface area is 234 Å². The van der Waals surface area contributed by atoms with Gasteiger partial charge in [-0.2, -0.15) is 0 Å². The number of hydrogen-bond acceptors (Lipinski definition) is 4. The smallest absolute Gasteiger partial charge is 0.333 e. The third-order valence-corrected chi connectivity index (χ3v) is 7.48. The summed E-state index contributed by atoms with van der Waals surface area (Å²) < 4.78 is 8.25. The molecule has 0 atom stereocenters. The number of carbonyl (C=O) groups is 2. The third kappa shape index (κ3) is 4.54. The van der Waals surface area contributed by atoms with Crippen molar-refractivity contribution in [1.82, 2.24) is 24.3 Å². The molecular weight excluding hydrogens is 530 g/mol. The van der Waals surface area contributed by atoms with Crippen molar-refractivity contribution in [3.63, 3.8) is 0 Å². The molecule has 0 fully saturated rings. The maximum atomic E-state index is 13.7. The summed E-state index contributed by atoms with van der Waals surface area (Å²) in [5.74, 6) is -0.0120. The van der Waals surface area contributed by atoms with Crippen molar-refractivity contribution in [2.45, 2.75) is 19.6 Å². The minimum Gasteiger partial charge on any atom is -0.497 e. The number of halogens is 1. The maximum Gasteiger partial charge on any atom is 0.333 e. The number of hydrogen-bond donors (Lipinski definition) is 2. The molecule has 0 radical (unpaired) electrons. The van der Waals surface area contributed by atoms with Crippen LogP contribution in [0.1, 0.15) is 32.2 Å². The molecule has 10 heteroatoms. The number of rotatable bonds is 6. The molecule has 40 heavy (non-hydrogen) atoms. The Balaban J connectivity index is 1.38. The fourth-order valence-electron chi connectivity index (χ4n) is 5.10. The Kier molecular flexibility index (Phi) is 6.65. The lowest BCUT2D eigenvalue weighted by Crippen LogP contribution is -2.41. The van der Waals surface area contributed by atoms with Crippen LogP contribution < -0.4 is 15.7 Å². The van der Waals surface area contributed by atoms with Crippen molar-refractivity contribution in [2.24, 2.45) is 0 Å². The molecule has 0 saturated heterocycles. The SMILES string of the molecule is COc1ccc(-n2c(C(=O)NCc3ccccc3)c3n(c2=O)CCN(C(=O)c2cc4c(Cl)cccc4[nH]2)C3)cc1. The van der Waals surface area contributed by atoms with E-state index in [1.807, 2.05) is 42.5 Å². The van der Waals surface area contributed by atoms with Gasteiger partial charge >= 0.3 is 5.69 Å². The van der Waals surface area contributed by atoms with Crippen molar-refractivity contribution in [3.8, 4) is 11.4 Å². The molecule has 6 rings (SSSR count). The molecule has 1 aliphatic rings. The van der Waals surface area contributed by atoms with Crippen molar-refractivity contribution in [2.75, 3.05) is 13.7 Å². The van der Waals surface area contributed by atoms with Crippen LogP contribution in [0.3, 0.4) is 0 Å². The van der Waals surface area contributed by atoms with E-state index >= 15 is 0 Å². The highest BCUT2D eigenvalue weighted by atomic mass is 35.5. The van der Waals surface area contributed by atoms with Crippen LogP contribution in [0.15, 0.2) is 83.7 Å². The number of benzene rings is 3. The van der Waals surface area contributed by atoms with Crippen LogP contribution in [0.5, 0.6) is 5.75 Å². The van der Waals surface area contributed by atoms with Crippen LogP contribution in [0, 0.1) is 0 Å². The number of aromatic amines is 1. The Morgan fingerprint density at radius 3 is 2.50 bits per heavy atom. The fourth-order valence-corrected chi connectivity index (χ4v) is 5.33.